The normalized spacial score (nSPS) is 21.0. The van der Waals surface area contributed by atoms with Gasteiger partial charge in [0.25, 0.3) is 5.91 Å². The number of aromatic amines is 1. The second-order valence-electron chi connectivity index (χ2n) is 5.43. The Morgan fingerprint density at radius 2 is 2.24 bits per heavy atom. The first-order chi connectivity index (χ1) is 10.1. The summed E-state index contributed by atoms with van der Waals surface area (Å²) in [6.07, 6.45) is 4.73. The van der Waals surface area contributed by atoms with Gasteiger partial charge in [-0.25, -0.2) is 0 Å². The summed E-state index contributed by atoms with van der Waals surface area (Å²) in [4.78, 5) is 12.3. The minimum absolute atomic E-state index is 0.0438. The molecule has 6 heteroatoms. The highest BCUT2D eigenvalue weighted by molar-refractivity contribution is 5.94. The summed E-state index contributed by atoms with van der Waals surface area (Å²) in [7, 11) is 0. The Hall–Kier alpha value is -2.08. The third kappa shape index (κ3) is 2.85. The average molecular weight is 288 g/mol. The van der Waals surface area contributed by atoms with Crippen LogP contribution in [0.25, 0.3) is 0 Å². The van der Waals surface area contributed by atoms with Gasteiger partial charge in [0, 0.05) is 37.5 Å². The molecular formula is C15H20N4O2. The van der Waals surface area contributed by atoms with E-state index in [1.54, 1.807) is 0 Å². The second kappa shape index (κ2) is 5.73. The Morgan fingerprint density at radius 3 is 3.00 bits per heavy atom. The molecule has 1 aliphatic heterocycles. The lowest BCUT2D eigenvalue weighted by atomic mass is 9.99. The van der Waals surface area contributed by atoms with E-state index in [-0.39, 0.29) is 18.1 Å². The van der Waals surface area contributed by atoms with Gasteiger partial charge >= 0.3 is 0 Å². The highest BCUT2D eigenvalue weighted by Crippen LogP contribution is 2.29. The summed E-state index contributed by atoms with van der Waals surface area (Å²) < 4.78 is 7.76. The largest absolute Gasteiger partial charge is 0.369 e. The third-order valence-corrected chi connectivity index (χ3v) is 3.77. The van der Waals surface area contributed by atoms with Gasteiger partial charge in [-0.15, -0.1) is 0 Å². The summed E-state index contributed by atoms with van der Waals surface area (Å²) in [5.74, 6) is -0.124. The number of hydrogen-bond acceptors (Lipinski definition) is 3. The Balaban J connectivity index is 1.65. The average Bonchev–Trinajstić information content (AvgIpc) is 3.07. The number of aromatic nitrogens is 3. The number of carbonyl (C=O) groups is 1. The molecule has 6 nitrogen and oxygen atoms in total. The summed E-state index contributed by atoms with van der Waals surface area (Å²) >= 11 is 0. The molecule has 3 rings (SSSR count). The number of H-pyrrole nitrogens is 1. The molecule has 3 heterocycles. The minimum Gasteiger partial charge on any atom is -0.369 e. The van der Waals surface area contributed by atoms with Crippen molar-refractivity contribution < 1.29 is 9.53 Å². The molecule has 1 aliphatic rings. The van der Waals surface area contributed by atoms with Crippen LogP contribution in [0.2, 0.25) is 0 Å². The first-order valence-electron chi connectivity index (χ1n) is 7.26. The molecule has 1 amide bonds. The molecule has 0 aromatic carbocycles. The monoisotopic (exact) mass is 288 g/mol. The van der Waals surface area contributed by atoms with Crippen molar-refractivity contribution in [2.24, 2.45) is 0 Å². The van der Waals surface area contributed by atoms with Crippen LogP contribution >= 0.6 is 0 Å². The zero-order valence-corrected chi connectivity index (χ0v) is 12.3. The van der Waals surface area contributed by atoms with Crippen LogP contribution in [0, 0.1) is 0 Å². The van der Waals surface area contributed by atoms with E-state index in [0.717, 1.165) is 24.2 Å². The molecule has 0 saturated heterocycles. The number of carbonyl (C=O) groups excluding carboxylic acids is 1. The van der Waals surface area contributed by atoms with Crippen molar-refractivity contribution in [1.82, 2.24) is 20.1 Å². The van der Waals surface area contributed by atoms with Gasteiger partial charge in [-0.1, -0.05) is 0 Å². The lowest BCUT2D eigenvalue weighted by molar-refractivity contribution is -0.00697. The first kappa shape index (κ1) is 13.9. The number of amides is 1. The zero-order chi connectivity index (χ0) is 14.8. The molecule has 0 saturated carbocycles. The van der Waals surface area contributed by atoms with Gasteiger partial charge in [0.2, 0.25) is 0 Å². The number of rotatable bonds is 4. The van der Waals surface area contributed by atoms with Crippen LogP contribution in [-0.2, 0) is 17.7 Å². The fourth-order valence-corrected chi connectivity index (χ4v) is 2.76. The summed E-state index contributed by atoms with van der Waals surface area (Å²) in [5, 5.41) is 10.0. The number of hydrogen-bond donors (Lipinski definition) is 2. The maximum Gasteiger partial charge on any atom is 0.272 e. The highest BCUT2D eigenvalue weighted by atomic mass is 16.5. The molecule has 112 valence electrons. The summed E-state index contributed by atoms with van der Waals surface area (Å²) in [6.45, 7) is 5.32. The fourth-order valence-electron chi connectivity index (χ4n) is 2.76. The molecule has 0 aliphatic carbocycles. The number of nitrogens with zero attached hydrogens (tertiary/aromatic N) is 2. The van der Waals surface area contributed by atoms with Gasteiger partial charge in [-0.2, -0.15) is 5.10 Å². The van der Waals surface area contributed by atoms with E-state index in [4.69, 9.17) is 4.74 Å². The molecule has 2 N–H and O–H groups in total. The molecule has 0 fully saturated rings. The van der Waals surface area contributed by atoms with Crippen LogP contribution in [0.3, 0.4) is 0 Å². The quantitative estimate of drug-likeness (QED) is 0.899. The van der Waals surface area contributed by atoms with E-state index >= 15 is 0 Å². The number of ether oxygens (including phenoxy) is 1. The Labute approximate surface area is 123 Å². The van der Waals surface area contributed by atoms with Crippen LogP contribution in [0.4, 0.5) is 0 Å². The SMILES string of the molecule is C[C@@H]1Cc2c(C(=O)NCCn3cccc3)n[nH]c2[C@H](C)O1. The van der Waals surface area contributed by atoms with E-state index in [9.17, 15) is 4.79 Å². The van der Waals surface area contributed by atoms with Gasteiger partial charge in [-0.3, -0.25) is 9.89 Å². The molecular weight excluding hydrogens is 268 g/mol. The van der Waals surface area contributed by atoms with Crippen LogP contribution in [0.1, 0.15) is 41.7 Å². The Morgan fingerprint density at radius 1 is 1.48 bits per heavy atom. The fraction of sp³-hybridized carbons (Fsp3) is 0.467. The number of nitrogens with one attached hydrogen (secondary N) is 2. The van der Waals surface area contributed by atoms with Gasteiger partial charge < -0.3 is 14.6 Å². The molecule has 0 spiro atoms. The first-order valence-corrected chi connectivity index (χ1v) is 7.26. The predicted molar refractivity (Wildman–Crippen MR) is 78.0 cm³/mol. The van der Waals surface area contributed by atoms with Crippen molar-refractivity contribution in [3.05, 3.63) is 41.5 Å². The van der Waals surface area contributed by atoms with E-state index in [1.807, 2.05) is 42.9 Å². The third-order valence-electron chi connectivity index (χ3n) is 3.77. The molecule has 2 atom stereocenters. The lowest BCUT2D eigenvalue weighted by Gasteiger charge is -2.25. The maximum absolute atomic E-state index is 12.3. The van der Waals surface area contributed by atoms with E-state index in [0.29, 0.717) is 12.2 Å². The van der Waals surface area contributed by atoms with Crippen LogP contribution in [0.5, 0.6) is 0 Å². The van der Waals surface area contributed by atoms with Gasteiger partial charge in [0.05, 0.1) is 17.9 Å². The van der Waals surface area contributed by atoms with Gasteiger partial charge in [0.1, 0.15) is 0 Å². The Bertz CT molecular complexity index is 618. The number of fused-ring (bicyclic) bond motifs is 1. The molecule has 21 heavy (non-hydrogen) atoms. The predicted octanol–water partition coefficient (Wildman–Crippen LogP) is 1.66. The molecule has 0 unspecified atom stereocenters. The van der Waals surface area contributed by atoms with Crippen molar-refractivity contribution in [3.8, 4) is 0 Å². The second-order valence-corrected chi connectivity index (χ2v) is 5.43. The maximum atomic E-state index is 12.3. The topological polar surface area (TPSA) is 71.9 Å². The molecule has 2 aromatic heterocycles. The zero-order valence-electron chi connectivity index (χ0n) is 12.3. The van der Waals surface area contributed by atoms with Crippen LogP contribution in [0.15, 0.2) is 24.5 Å². The van der Waals surface area contributed by atoms with E-state index in [2.05, 4.69) is 15.5 Å². The van der Waals surface area contributed by atoms with Gasteiger partial charge in [0.15, 0.2) is 5.69 Å². The van der Waals surface area contributed by atoms with Crippen molar-refractivity contribution in [1.29, 1.82) is 0 Å². The smallest absolute Gasteiger partial charge is 0.272 e. The molecule has 2 aromatic rings. The van der Waals surface area contributed by atoms with E-state index in [1.165, 1.54) is 0 Å². The van der Waals surface area contributed by atoms with E-state index < -0.39 is 0 Å². The van der Waals surface area contributed by atoms with Crippen molar-refractivity contribution in [2.75, 3.05) is 6.54 Å². The molecule has 0 radical (unpaired) electrons. The highest BCUT2D eigenvalue weighted by Gasteiger charge is 2.29. The van der Waals surface area contributed by atoms with Crippen molar-refractivity contribution in [2.45, 2.75) is 39.0 Å². The van der Waals surface area contributed by atoms with Crippen molar-refractivity contribution >= 4 is 5.91 Å². The van der Waals surface area contributed by atoms with Crippen LogP contribution in [-0.4, -0.2) is 33.3 Å². The Kier molecular flexibility index (Phi) is 3.79. The van der Waals surface area contributed by atoms with Gasteiger partial charge in [-0.05, 0) is 26.0 Å². The van der Waals surface area contributed by atoms with Crippen molar-refractivity contribution in [3.63, 3.8) is 0 Å². The summed E-state index contributed by atoms with van der Waals surface area (Å²) in [5.41, 5.74) is 2.41. The minimum atomic E-state index is -0.124. The summed E-state index contributed by atoms with van der Waals surface area (Å²) in [6, 6.07) is 3.93. The van der Waals surface area contributed by atoms with Crippen LogP contribution < -0.4 is 5.32 Å². The lowest BCUT2D eigenvalue weighted by Crippen LogP contribution is -2.29. The molecule has 0 bridgehead atoms. The standard InChI is InChI=1S/C15H20N4O2/c1-10-9-12-13(11(2)21-10)17-18-14(12)15(20)16-5-8-19-6-3-4-7-19/h3-4,6-7,10-11H,5,8-9H2,1-2H3,(H,16,20)(H,17,18)/t10-,11+/m1/s1.